The van der Waals surface area contributed by atoms with Crippen LogP contribution in [0.3, 0.4) is 0 Å². The Hall–Kier alpha value is -3.21. The van der Waals surface area contributed by atoms with E-state index >= 15 is 0 Å². The van der Waals surface area contributed by atoms with Gasteiger partial charge in [0.05, 0.1) is 17.1 Å². The van der Waals surface area contributed by atoms with Crippen LogP contribution in [0.15, 0.2) is 70.1 Å². The first-order valence-electron chi connectivity index (χ1n) is 7.24. The van der Waals surface area contributed by atoms with Gasteiger partial charge in [-0.1, -0.05) is 48.5 Å². The number of fused-ring (bicyclic) bond motifs is 1. The molecule has 0 atom stereocenters. The summed E-state index contributed by atoms with van der Waals surface area (Å²) in [6.07, 6.45) is 3.70. The first-order valence-corrected chi connectivity index (χ1v) is 7.24. The maximum atomic E-state index is 11.9. The van der Waals surface area contributed by atoms with Crippen molar-refractivity contribution in [3.63, 3.8) is 0 Å². The molecule has 0 amide bonds. The quantitative estimate of drug-likeness (QED) is 0.573. The van der Waals surface area contributed by atoms with Crippen LogP contribution in [0, 0.1) is 0 Å². The standard InChI is InChI=1S/C18H16N4O/c1-13(11-14-7-3-2-4-8-14)12-19-22-18-20-16-10-6-5-9-15(16)17(23)21-18/h2-12H,1H3,(H2,20,21,22,23). The normalized spacial score (nSPS) is 12.0. The number of hydrogen-bond acceptors (Lipinski definition) is 4. The van der Waals surface area contributed by atoms with E-state index in [1.807, 2.05) is 55.5 Å². The van der Waals surface area contributed by atoms with Gasteiger partial charge in [0.15, 0.2) is 0 Å². The van der Waals surface area contributed by atoms with Gasteiger partial charge in [-0.15, -0.1) is 0 Å². The molecule has 0 unspecified atom stereocenters. The average molecular weight is 304 g/mol. The Morgan fingerprint density at radius 3 is 2.70 bits per heavy atom. The second kappa shape index (κ2) is 6.70. The van der Waals surface area contributed by atoms with E-state index in [1.165, 1.54) is 0 Å². The third-order valence-corrected chi connectivity index (χ3v) is 3.25. The zero-order valence-electron chi connectivity index (χ0n) is 12.7. The van der Waals surface area contributed by atoms with Crippen LogP contribution < -0.4 is 11.0 Å². The highest BCUT2D eigenvalue weighted by atomic mass is 16.1. The lowest BCUT2D eigenvalue weighted by Crippen LogP contribution is -2.10. The number of nitrogens with zero attached hydrogens (tertiary/aromatic N) is 2. The van der Waals surface area contributed by atoms with Crippen LogP contribution in [0.5, 0.6) is 0 Å². The minimum atomic E-state index is -0.190. The molecule has 0 bridgehead atoms. The van der Waals surface area contributed by atoms with Gasteiger partial charge < -0.3 is 0 Å². The Balaban J connectivity index is 1.75. The number of aromatic nitrogens is 2. The number of nitrogens with one attached hydrogen (secondary N) is 2. The molecule has 0 spiro atoms. The van der Waals surface area contributed by atoms with Crippen LogP contribution in [0.25, 0.3) is 17.0 Å². The fourth-order valence-electron chi connectivity index (χ4n) is 2.18. The Bertz CT molecular complexity index is 926. The summed E-state index contributed by atoms with van der Waals surface area (Å²) in [5.41, 5.74) is 5.28. The molecule has 1 heterocycles. The molecule has 0 radical (unpaired) electrons. The fourth-order valence-corrected chi connectivity index (χ4v) is 2.18. The van der Waals surface area contributed by atoms with Crippen molar-refractivity contribution in [1.82, 2.24) is 9.97 Å². The lowest BCUT2D eigenvalue weighted by molar-refractivity contribution is 1.12. The van der Waals surface area contributed by atoms with E-state index in [2.05, 4.69) is 20.5 Å². The summed E-state index contributed by atoms with van der Waals surface area (Å²) in [6, 6.07) is 17.2. The molecule has 3 rings (SSSR count). The van der Waals surface area contributed by atoms with Gasteiger partial charge in [0, 0.05) is 0 Å². The van der Waals surface area contributed by atoms with Gasteiger partial charge >= 0.3 is 0 Å². The number of rotatable bonds is 4. The molecular weight excluding hydrogens is 288 g/mol. The highest BCUT2D eigenvalue weighted by Gasteiger charge is 2.01. The van der Waals surface area contributed by atoms with Crippen molar-refractivity contribution in [2.45, 2.75) is 6.92 Å². The largest absolute Gasteiger partial charge is 0.291 e. The minimum absolute atomic E-state index is 0.190. The van der Waals surface area contributed by atoms with Crippen molar-refractivity contribution in [2.24, 2.45) is 5.10 Å². The predicted octanol–water partition coefficient (Wildman–Crippen LogP) is 3.42. The summed E-state index contributed by atoms with van der Waals surface area (Å²) < 4.78 is 0. The van der Waals surface area contributed by atoms with Crippen LogP contribution in [-0.4, -0.2) is 16.2 Å². The van der Waals surface area contributed by atoms with Crippen LogP contribution in [0.2, 0.25) is 0 Å². The zero-order chi connectivity index (χ0) is 16.1. The molecule has 2 aromatic carbocycles. The van der Waals surface area contributed by atoms with Gasteiger partial charge in [-0.2, -0.15) is 5.10 Å². The van der Waals surface area contributed by atoms with Crippen molar-refractivity contribution < 1.29 is 0 Å². The van der Waals surface area contributed by atoms with E-state index < -0.39 is 0 Å². The summed E-state index contributed by atoms with van der Waals surface area (Å²) >= 11 is 0. The smallest absolute Gasteiger partial charge is 0.260 e. The number of H-pyrrole nitrogens is 1. The Kier molecular flexibility index (Phi) is 4.29. The third kappa shape index (κ3) is 3.71. The molecule has 0 saturated heterocycles. The highest BCUT2D eigenvalue weighted by molar-refractivity contribution is 5.85. The SMILES string of the molecule is CC(C=NNc1nc2ccccc2c(=O)[nH]1)=Cc1ccccc1. The summed E-state index contributed by atoms with van der Waals surface area (Å²) in [7, 11) is 0. The molecule has 0 aliphatic rings. The topological polar surface area (TPSA) is 70.1 Å². The first kappa shape index (κ1) is 14.7. The van der Waals surface area contributed by atoms with E-state index in [0.29, 0.717) is 16.9 Å². The van der Waals surface area contributed by atoms with Gasteiger partial charge in [0.1, 0.15) is 0 Å². The van der Waals surface area contributed by atoms with E-state index in [4.69, 9.17) is 0 Å². The molecule has 0 saturated carbocycles. The van der Waals surface area contributed by atoms with Gasteiger partial charge in [-0.3, -0.25) is 9.78 Å². The Labute approximate surface area is 133 Å². The molecule has 114 valence electrons. The molecule has 0 aliphatic heterocycles. The average Bonchev–Trinajstić information content (AvgIpc) is 2.56. The number of hydrazone groups is 1. The number of anilines is 1. The molecule has 2 N–H and O–H groups in total. The van der Waals surface area contributed by atoms with Gasteiger partial charge in [-0.05, 0) is 30.2 Å². The Morgan fingerprint density at radius 1 is 1.13 bits per heavy atom. The van der Waals surface area contributed by atoms with Crippen LogP contribution >= 0.6 is 0 Å². The van der Waals surface area contributed by atoms with Crippen LogP contribution in [-0.2, 0) is 0 Å². The monoisotopic (exact) mass is 304 g/mol. The molecule has 5 heteroatoms. The number of benzene rings is 2. The fraction of sp³-hybridized carbons (Fsp3) is 0.0556. The second-order valence-corrected chi connectivity index (χ2v) is 5.10. The first-order chi connectivity index (χ1) is 11.2. The zero-order valence-corrected chi connectivity index (χ0v) is 12.7. The molecule has 0 fully saturated rings. The lowest BCUT2D eigenvalue weighted by Gasteiger charge is -2.01. The number of hydrogen-bond donors (Lipinski definition) is 2. The van der Waals surface area contributed by atoms with Gasteiger partial charge in [0.2, 0.25) is 5.95 Å². The summed E-state index contributed by atoms with van der Waals surface area (Å²) in [5.74, 6) is 0.317. The highest BCUT2D eigenvalue weighted by Crippen LogP contribution is 2.08. The lowest BCUT2D eigenvalue weighted by atomic mass is 10.1. The Morgan fingerprint density at radius 2 is 1.87 bits per heavy atom. The molecule has 1 aromatic heterocycles. The summed E-state index contributed by atoms with van der Waals surface area (Å²) in [4.78, 5) is 18.9. The number of allylic oxidation sites excluding steroid dienone is 1. The molecule has 3 aromatic rings. The molecule has 23 heavy (non-hydrogen) atoms. The summed E-state index contributed by atoms with van der Waals surface area (Å²) in [5, 5.41) is 4.67. The van der Waals surface area contributed by atoms with E-state index in [-0.39, 0.29) is 5.56 Å². The molecule has 5 nitrogen and oxygen atoms in total. The molecule has 0 aliphatic carbocycles. The van der Waals surface area contributed by atoms with Gasteiger partial charge in [0.25, 0.3) is 5.56 Å². The van der Waals surface area contributed by atoms with E-state index in [9.17, 15) is 4.79 Å². The second-order valence-electron chi connectivity index (χ2n) is 5.10. The predicted molar refractivity (Wildman–Crippen MR) is 94.6 cm³/mol. The maximum Gasteiger partial charge on any atom is 0.260 e. The van der Waals surface area contributed by atoms with Crippen molar-refractivity contribution >= 4 is 29.1 Å². The maximum absolute atomic E-state index is 11.9. The van der Waals surface area contributed by atoms with Crippen LogP contribution in [0.4, 0.5) is 5.95 Å². The van der Waals surface area contributed by atoms with E-state index in [0.717, 1.165) is 11.1 Å². The van der Waals surface area contributed by atoms with Crippen molar-refractivity contribution in [2.75, 3.05) is 5.43 Å². The third-order valence-electron chi connectivity index (χ3n) is 3.25. The van der Waals surface area contributed by atoms with Crippen LogP contribution in [0.1, 0.15) is 12.5 Å². The van der Waals surface area contributed by atoms with E-state index in [1.54, 1.807) is 18.3 Å². The van der Waals surface area contributed by atoms with Crippen molar-refractivity contribution in [3.05, 3.63) is 76.1 Å². The number of aromatic amines is 1. The molecular formula is C18H16N4O. The van der Waals surface area contributed by atoms with Crippen molar-refractivity contribution in [1.29, 1.82) is 0 Å². The van der Waals surface area contributed by atoms with Gasteiger partial charge in [-0.25, -0.2) is 10.4 Å². The van der Waals surface area contributed by atoms with Crippen molar-refractivity contribution in [3.8, 4) is 0 Å². The summed E-state index contributed by atoms with van der Waals surface area (Å²) in [6.45, 7) is 1.95. The minimum Gasteiger partial charge on any atom is -0.291 e. The number of para-hydroxylation sites is 1.